The lowest BCUT2D eigenvalue weighted by Crippen LogP contribution is -2.41. The molecule has 0 radical (unpaired) electrons. The summed E-state index contributed by atoms with van der Waals surface area (Å²) in [7, 11) is 4.97. The second-order valence-electron chi connectivity index (χ2n) is 14.3. The summed E-state index contributed by atoms with van der Waals surface area (Å²) in [5.41, 5.74) is 4.13. The lowest BCUT2D eigenvalue weighted by atomic mass is 9.86. The van der Waals surface area contributed by atoms with Crippen LogP contribution in [0.4, 0.5) is 21.9 Å². The number of ether oxygens (including phenoxy) is 4. The Morgan fingerprint density at radius 1 is 0.879 bits per heavy atom. The third kappa shape index (κ3) is 11.5. The van der Waals surface area contributed by atoms with E-state index >= 15 is 0 Å². The van der Waals surface area contributed by atoms with Gasteiger partial charge in [-0.3, -0.25) is 9.69 Å². The number of hydrogen-bond donors (Lipinski definition) is 4. The zero-order valence-corrected chi connectivity index (χ0v) is 34.3. The van der Waals surface area contributed by atoms with Crippen molar-refractivity contribution in [2.24, 2.45) is 0 Å². The fraction of sp³-hybridized carbons (Fsp3) is 0.333. The van der Waals surface area contributed by atoms with Crippen LogP contribution in [0.3, 0.4) is 0 Å². The van der Waals surface area contributed by atoms with Gasteiger partial charge in [0.1, 0.15) is 17.3 Å². The third-order valence-electron chi connectivity index (χ3n) is 9.35. The smallest absolute Gasteiger partial charge is 0.335 e. The molecule has 5 aromatic rings. The van der Waals surface area contributed by atoms with Crippen LogP contribution in [-0.2, 0) is 28.1 Å². The van der Waals surface area contributed by atoms with E-state index in [4.69, 9.17) is 27.4 Å². The van der Waals surface area contributed by atoms with Crippen molar-refractivity contribution >= 4 is 51.3 Å². The Balaban J connectivity index is 0.00000207. The molecule has 1 saturated heterocycles. The standard InChI is InChI=1S/C42H49N7O6.O2S/c1-42(2,3)29-25-34(43-4)39(53-6)35(26-29)47-41(51)46-33-11-12-36(32-10-8-7-9-31(32)33)55-38-13-14-44-37(48-38)23-27-21-28(24-30(22-27)52-5)40(50)45-15-16-49-17-19-54-20-18-49;1-3-2/h7-14,21-22,24-26,43H,15-20,23H2,1-6H3,(H,45,50)(H2,46,47,51);. The van der Waals surface area contributed by atoms with Crippen molar-refractivity contribution in [3.8, 4) is 23.1 Å². The van der Waals surface area contributed by atoms with Crippen LogP contribution in [0.1, 0.15) is 48.1 Å². The van der Waals surface area contributed by atoms with E-state index < -0.39 is 17.6 Å². The monoisotopic (exact) mass is 811 g/mol. The normalized spacial score (nSPS) is 12.7. The molecule has 1 aliphatic rings. The van der Waals surface area contributed by atoms with E-state index in [1.54, 1.807) is 44.7 Å². The lowest BCUT2D eigenvalue weighted by Gasteiger charge is -2.26. The number of benzene rings is 4. The van der Waals surface area contributed by atoms with E-state index in [2.05, 4.69) is 56.9 Å². The Hall–Kier alpha value is -6.10. The molecule has 16 heteroatoms. The summed E-state index contributed by atoms with van der Waals surface area (Å²) in [5.74, 6) is 2.35. The fourth-order valence-corrected chi connectivity index (χ4v) is 6.39. The van der Waals surface area contributed by atoms with Gasteiger partial charge in [0, 0.05) is 68.2 Å². The van der Waals surface area contributed by atoms with Gasteiger partial charge in [-0.1, -0.05) is 45.0 Å². The van der Waals surface area contributed by atoms with Crippen LogP contribution in [0.15, 0.2) is 79.0 Å². The summed E-state index contributed by atoms with van der Waals surface area (Å²) in [5, 5.41) is 13.7. The molecule has 306 valence electrons. The van der Waals surface area contributed by atoms with Crippen LogP contribution in [0.5, 0.6) is 23.1 Å². The first kappa shape index (κ1) is 43.0. The Labute approximate surface area is 341 Å². The fourth-order valence-electron chi connectivity index (χ4n) is 6.39. The predicted molar refractivity (Wildman–Crippen MR) is 224 cm³/mol. The molecule has 3 amide bonds. The molecule has 1 fully saturated rings. The molecule has 0 spiro atoms. The van der Waals surface area contributed by atoms with Crippen molar-refractivity contribution in [3.63, 3.8) is 0 Å². The number of methoxy groups -OCH3 is 2. The van der Waals surface area contributed by atoms with Crippen molar-refractivity contribution in [1.82, 2.24) is 20.2 Å². The molecule has 2 heterocycles. The molecule has 15 nitrogen and oxygen atoms in total. The maximum Gasteiger partial charge on any atom is 0.335 e. The Morgan fingerprint density at radius 2 is 1.59 bits per heavy atom. The summed E-state index contributed by atoms with van der Waals surface area (Å²) < 4.78 is 39.5. The Morgan fingerprint density at radius 3 is 2.28 bits per heavy atom. The van der Waals surface area contributed by atoms with E-state index in [1.807, 2.05) is 55.6 Å². The van der Waals surface area contributed by atoms with Crippen LogP contribution in [-0.4, -0.2) is 95.9 Å². The topological polar surface area (TPSA) is 182 Å². The number of nitrogens with one attached hydrogen (secondary N) is 4. The molecule has 6 rings (SSSR count). The molecule has 0 saturated carbocycles. The third-order valence-corrected chi connectivity index (χ3v) is 9.35. The highest BCUT2D eigenvalue weighted by Crippen LogP contribution is 2.39. The van der Waals surface area contributed by atoms with E-state index in [0.29, 0.717) is 72.1 Å². The number of fused-ring (bicyclic) bond motifs is 1. The van der Waals surface area contributed by atoms with Crippen LogP contribution in [0.2, 0.25) is 0 Å². The first-order chi connectivity index (χ1) is 28.0. The first-order valence-corrected chi connectivity index (χ1v) is 19.3. The highest BCUT2D eigenvalue weighted by Gasteiger charge is 2.21. The number of nitrogens with zero attached hydrogens (tertiary/aromatic N) is 3. The zero-order valence-electron chi connectivity index (χ0n) is 33.5. The van der Waals surface area contributed by atoms with Gasteiger partial charge in [0.05, 0.1) is 44.5 Å². The Kier molecular flexibility index (Phi) is 15.1. The van der Waals surface area contributed by atoms with Crippen LogP contribution >= 0.6 is 0 Å². The van der Waals surface area contributed by atoms with Crippen molar-refractivity contribution in [2.75, 3.05) is 76.6 Å². The van der Waals surface area contributed by atoms with Crippen molar-refractivity contribution in [2.45, 2.75) is 32.6 Å². The quantitative estimate of drug-likeness (QED) is 0.103. The molecule has 4 aromatic carbocycles. The molecular formula is C42H49N7O8S. The van der Waals surface area contributed by atoms with Gasteiger partial charge in [-0.15, -0.1) is 0 Å². The number of urea groups is 1. The van der Waals surface area contributed by atoms with Gasteiger partial charge < -0.3 is 40.2 Å². The molecule has 0 aliphatic carbocycles. The van der Waals surface area contributed by atoms with Gasteiger partial charge in [0.15, 0.2) is 5.75 Å². The SMILES string of the molecule is CNc1cc(C(C)(C)C)cc(NC(=O)Nc2ccc(Oc3ccnc(Cc4cc(OC)cc(C(=O)NCCN5CCOCC5)c4)n3)c3ccccc23)c1OC.O=S=O. The van der Waals surface area contributed by atoms with Gasteiger partial charge in [-0.25, -0.2) is 9.78 Å². The largest absolute Gasteiger partial charge is 0.497 e. The van der Waals surface area contributed by atoms with Crippen molar-refractivity contribution in [1.29, 1.82) is 0 Å². The van der Waals surface area contributed by atoms with Gasteiger partial charge >= 0.3 is 17.6 Å². The number of hydrogen-bond acceptors (Lipinski definition) is 12. The maximum absolute atomic E-state index is 13.4. The average molecular weight is 812 g/mol. The summed E-state index contributed by atoms with van der Waals surface area (Å²) in [6.45, 7) is 10.8. The van der Waals surface area contributed by atoms with Crippen LogP contribution in [0, 0.1) is 0 Å². The van der Waals surface area contributed by atoms with Crippen molar-refractivity contribution < 1.29 is 37.0 Å². The highest BCUT2D eigenvalue weighted by molar-refractivity contribution is 7.51. The van der Waals surface area contributed by atoms with Gasteiger partial charge in [-0.2, -0.15) is 13.4 Å². The molecule has 0 atom stereocenters. The second-order valence-corrected chi connectivity index (χ2v) is 14.4. The molecule has 0 unspecified atom stereocenters. The van der Waals surface area contributed by atoms with E-state index in [0.717, 1.165) is 47.2 Å². The number of amides is 3. The number of rotatable bonds is 13. The van der Waals surface area contributed by atoms with E-state index in [9.17, 15) is 9.59 Å². The summed E-state index contributed by atoms with van der Waals surface area (Å²) in [6, 6.07) is 21.9. The van der Waals surface area contributed by atoms with Gasteiger partial charge in [0.25, 0.3) is 5.91 Å². The zero-order chi connectivity index (χ0) is 41.7. The van der Waals surface area contributed by atoms with Crippen LogP contribution in [0.25, 0.3) is 10.8 Å². The Bertz CT molecular complexity index is 2250. The number of carbonyl (C=O) groups is 2. The van der Waals surface area contributed by atoms with Gasteiger partial charge in [-0.05, 0) is 59.0 Å². The summed E-state index contributed by atoms with van der Waals surface area (Å²) in [4.78, 5) is 38.0. The number of anilines is 3. The predicted octanol–water partition coefficient (Wildman–Crippen LogP) is 6.41. The summed E-state index contributed by atoms with van der Waals surface area (Å²) >= 11 is -0.750. The minimum Gasteiger partial charge on any atom is -0.497 e. The minimum atomic E-state index is -0.750. The molecule has 4 N–H and O–H groups in total. The minimum absolute atomic E-state index is 0.152. The number of carbonyl (C=O) groups excluding carboxylic acids is 2. The first-order valence-electron chi connectivity index (χ1n) is 18.6. The summed E-state index contributed by atoms with van der Waals surface area (Å²) in [6.07, 6.45) is 1.99. The molecule has 1 aromatic heterocycles. The average Bonchev–Trinajstić information content (AvgIpc) is 3.21. The molecule has 1 aliphatic heterocycles. The van der Waals surface area contributed by atoms with Crippen molar-refractivity contribution in [3.05, 3.63) is 102 Å². The van der Waals surface area contributed by atoms with E-state index in [1.165, 1.54) is 0 Å². The van der Waals surface area contributed by atoms with Crippen LogP contribution < -0.4 is 35.5 Å². The van der Waals surface area contributed by atoms with Gasteiger partial charge in [0.2, 0.25) is 5.88 Å². The number of morpholine rings is 1. The lowest BCUT2D eigenvalue weighted by molar-refractivity contribution is 0.0383. The maximum atomic E-state index is 13.4. The molecule has 58 heavy (non-hydrogen) atoms. The second kappa shape index (κ2) is 20.4. The highest BCUT2D eigenvalue weighted by atomic mass is 32.1. The van der Waals surface area contributed by atoms with E-state index in [-0.39, 0.29) is 11.3 Å². The molecule has 0 bridgehead atoms. The number of aromatic nitrogens is 2. The molecular weight excluding hydrogens is 763 g/mol.